The summed E-state index contributed by atoms with van der Waals surface area (Å²) >= 11 is 6.39. The third-order valence-corrected chi connectivity index (χ3v) is 8.04. The molecule has 0 aromatic heterocycles. The van der Waals surface area contributed by atoms with Crippen LogP contribution < -0.4 is 14.8 Å². The highest BCUT2D eigenvalue weighted by Gasteiger charge is 2.53. The molecule has 5 rings (SSSR count). The first kappa shape index (κ1) is 32.4. The Morgan fingerprint density at radius 1 is 1.04 bits per heavy atom. The zero-order valence-electron chi connectivity index (χ0n) is 25.3. The lowest BCUT2D eigenvalue weighted by Crippen LogP contribution is -2.50. The van der Waals surface area contributed by atoms with Gasteiger partial charge in [0.05, 0.1) is 13.7 Å². The number of ether oxygens (including phenoxy) is 3. The third kappa shape index (κ3) is 7.43. The van der Waals surface area contributed by atoms with E-state index in [1.165, 1.54) is 0 Å². The maximum Gasteiger partial charge on any atom is 0.252 e. The number of nitrogens with zero attached hydrogens (tertiary/aromatic N) is 4. The molecule has 0 spiro atoms. The van der Waals surface area contributed by atoms with Crippen LogP contribution >= 0.6 is 11.6 Å². The van der Waals surface area contributed by atoms with Gasteiger partial charge in [-0.1, -0.05) is 71.3 Å². The number of aliphatic hydroxyl groups excluding tert-OH is 1. The minimum absolute atomic E-state index is 0.0414. The number of methoxy groups -OCH3 is 1. The second-order valence-corrected chi connectivity index (χ2v) is 11.1. The Hall–Kier alpha value is -5.02. The van der Waals surface area contributed by atoms with Gasteiger partial charge in [0, 0.05) is 47.2 Å². The van der Waals surface area contributed by atoms with E-state index in [0.717, 1.165) is 5.56 Å². The molecule has 0 fully saturated rings. The van der Waals surface area contributed by atoms with Crippen LogP contribution in [0.4, 0.5) is 5.69 Å². The molecular weight excluding hydrogens is 606 g/mol. The van der Waals surface area contributed by atoms with E-state index in [1.54, 1.807) is 31.4 Å². The average molecular weight is 640 g/mol. The fourth-order valence-electron chi connectivity index (χ4n) is 5.35. The zero-order chi connectivity index (χ0) is 32.4. The van der Waals surface area contributed by atoms with Crippen LogP contribution in [0.15, 0.2) is 107 Å². The van der Waals surface area contributed by atoms with Crippen molar-refractivity contribution in [2.24, 2.45) is 10.1 Å². The van der Waals surface area contributed by atoms with E-state index in [4.69, 9.17) is 35.9 Å². The minimum atomic E-state index is -1.50. The van der Waals surface area contributed by atoms with Gasteiger partial charge in [0.1, 0.15) is 11.5 Å². The molecule has 0 saturated heterocycles. The van der Waals surface area contributed by atoms with Gasteiger partial charge in [-0.25, -0.2) is 4.99 Å². The predicted molar refractivity (Wildman–Crippen MR) is 177 cm³/mol. The van der Waals surface area contributed by atoms with E-state index in [-0.39, 0.29) is 24.8 Å². The van der Waals surface area contributed by atoms with Crippen molar-refractivity contribution in [3.05, 3.63) is 135 Å². The van der Waals surface area contributed by atoms with Crippen LogP contribution in [0.25, 0.3) is 10.4 Å². The third-order valence-electron chi connectivity index (χ3n) is 7.67. The second kappa shape index (κ2) is 15.3. The van der Waals surface area contributed by atoms with Gasteiger partial charge < -0.3 is 24.6 Å². The lowest BCUT2D eigenvalue weighted by molar-refractivity contribution is -0.128. The summed E-state index contributed by atoms with van der Waals surface area (Å²) in [4.78, 5) is 22.6. The Kier molecular flexibility index (Phi) is 10.8. The molecule has 0 radical (unpaired) electrons. The number of azide groups is 1. The molecule has 0 aliphatic carbocycles. The maximum atomic E-state index is 14.5. The molecule has 236 valence electrons. The molecule has 10 nitrogen and oxygen atoms in total. The Morgan fingerprint density at radius 2 is 1.80 bits per heavy atom. The summed E-state index contributed by atoms with van der Waals surface area (Å²) in [6.07, 6.45) is 0.243. The van der Waals surface area contributed by atoms with Crippen molar-refractivity contribution in [3.63, 3.8) is 0 Å². The molecule has 2 atom stereocenters. The monoisotopic (exact) mass is 639 g/mol. The Morgan fingerprint density at radius 3 is 2.54 bits per heavy atom. The van der Waals surface area contributed by atoms with Gasteiger partial charge >= 0.3 is 0 Å². The van der Waals surface area contributed by atoms with Gasteiger partial charge in [-0.3, -0.25) is 4.79 Å². The van der Waals surface area contributed by atoms with Crippen LogP contribution in [0.1, 0.15) is 34.8 Å². The van der Waals surface area contributed by atoms with Gasteiger partial charge in [-0.2, -0.15) is 0 Å². The summed E-state index contributed by atoms with van der Waals surface area (Å²) in [5.41, 5.74) is 11.0. The van der Waals surface area contributed by atoms with E-state index >= 15 is 0 Å². The summed E-state index contributed by atoms with van der Waals surface area (Å²) in [6, 6.07) is 29.2. The van der Waals surface area contributed by atoms with E-state index in [2.05, 4.69) is 15.3 Å². The fraction of sp³-hybridized carbons (Fsp3) is 0.257. The fourth-order valence-corrected chi connectivity index (χ4v) is 5.58. The van der Waals surface area contributed by atoms with Crippen molar-refractivity contribution in [2.45, 2.75) is 30.9 Å². The lowest BCUT2D eigenvalue weighted by atomic mass is 9.81. The van der Waals surface area contributed by atoms with Gasteiger partial charge in [0.15, 0.2) is 11.6 Å². The van der Waals surface area contributed by atoms with Crippen molar-refractivity contribution in [1.82, 2.24) is 5.32 Å². The number of carbonyl (C=O) groups is 1. The second-order valence-electron chi connectivity index (χ2n) is 10.7. The van der Waals surface area contributed by atoms with Gasteiger partial charge in [0.25, 0.3) is 5.91 Å². The first-order valence-corrected chi connectivity index (χ1v) is 15.2. The highest BCUT2D eigenvalue weighted by Crippen LogP contribution is 2.44. The standard InChI is InChI=1S/C35H34ClN5O5/c1-44-29-11-6-10-26(22-29)32-35(23-27-9-3-5-13-31(27)40-41-37,34(43)38-19-18-24-8-2-4-12-30(24)36)39-33(46-32)25-14-16-28(17-15-25)45-21-7-20-42/h2-6,8-17,22,32,42H,7,18-21,23H2,1H3,(H,38,43)/t32-,35-/m1/s1. The van der Waals surface area contributed by atoms with E-state index in [0.29, 0.717) is 64.9 Å². The van der Waals surface area contributed by atoms with Crippen molar-refractivity contribution in [2.75, 3.05) is 26.9 Å². The van der Waals surface area contributed by atoms with Crippen molar-refractivity contribution in [3.8, 4) is 11.5 Å². The molecule has 1 aliphatic heterocycles. The van der Waals surface area contributed by atoms with Crippen LogP contribution in [-0.4, -0.2) is 49.3 Å². The van der Waals surface area contributed by atoms with Crippen molar-refractivity contribution >= 4 is 29.1 Å². The highest BCUT2D eigenvalue weighted by atomic mass is 35.5. The first-order valence-electron chi connectivity index (χ1n) is 14.9. The number of aliphatic imine (C=N–C) groups is 1. The number of hydrogen-bond donors (Lipinski definition) is 2. The van der Waals surface area contributed by atoms with E-state index in [9.17, 15) is 10.3 Å². The molecule has 0 bridgehead atoms. The zero-order valence-corrected chi connectivity index (χ0v) is 26.1. The SMILES string of the molecule is COc1cccc([C@H]2OC(c3ccc(OCCCO)cc3)=N[C@@]2(Cc2ccccc2N=[N+]=[N-])C(=O)NCCc2ccccc2Cl)c1. The van der Waals surface area contributed by atoms with Crippen LogP contribution in [0, 0.1) is 0 Å². The number of rotatable bonds is 14. The smallest absolute Gasteiger partial charge is 0.252 e. The van der Waals surface area contributed by atoms with Crippen molar-refractivity contribution in [1.29, 1.82) is 0 Å². The van der Waals surface area contributed by atoms with Crippen LogP contribution in [0.2, 0.25) is 5.02 Å². The number of aliphatic hydroxyl groups is 1. The number of benzene rings is 4. The van der Waals surface area contributed by atoms with Crippen LogP contribution in [0.5, 0.6) is 11.5 Å². The number of carbonyl (C=O) groups excluding carboxylic acids is 1. The molecule has 1 amide bonds. The molecule has 0 unspecified atom stereocenters. The maximum absolute atomic E-state index is 14.5. The van der Waals surface area contributed by atoms with Crippen LogP contribution in [-0.2, 0) is 22.4 Å². The molecule has 1 heterocycles. The first-order chi connectivity index (χ1) is 22.5. The quantitative estimate of drug-likeness (QED) is 0.0668. The summed E-state index contributed by atoms with van der Waals surface area (Å²) in [5.74, 6) is 1.15. The number of hydrogen-bond acceptors (Lipinski definition) is 7. The average Bonchev–Trinajstić information content (AvgIpc) is 3.47. The Balaban J connectivity index is 1.58. The van der Waals surface area contributed by atoms with E-state index < -0.39 is 11.6 Å². The normalized spacial score (nSPS) is 16.9. The summed E-state index contributed by atoms with van der Waals surface area (Å²) < 4.78 is 17.8. The van der Waals surface area contributed by atoms with Gasteiger partial charge in [0.2, 0.25) is 5.90 Å². The van der Waals surface area contributed by atoms with Gasteiger partial charge in [-0.15, -0.1) is 0 Å². The highest BCUT2D eigenvalue weighted by molar-refractivity contribution is 6.31. The van der Waals surface area contributed by atoms with Gasteiger partial charge in [-0.05, 0) is 71.1 Å². The summed E-state index contributed by atoms with van der Waals surface area (Å²) in [6.45, 7) is 0.727. The van der Waals surface area contributed by atoms with Crippen molar-refractivity contribution < 1.29 is 24.1 Å². The number of amides is 1. The molecule has 4 aromatic carbocycles. The topological polar surface area (TPSA) is 138 Å². The summed E-state index contributed by atoms with van der Waals surface area (Å²) in [5, 5.41) is 16.7. The number of nitrogens with one attached hydrogen (secondary N) is 1. The Labute approximate surface area is 272 Å². The molecule has 46 heavy (non-hydrogen) atoms. The molecule has 11 heteroatoms. The lowest BCUT2D eigenvalue weighted by Gasteiger charge is -2.31. The molecular formula is C35H34ClN5O5. The molecule has 4 aromatic rings. The molecule has 1 aliphatic rings. The largest absolute Gasteiger partial charge is 0.497 e. The molecule has 2 N–H and O–H groups in total. The van der Waals surface area contributed by atoms with Crippen LogP contribution in [0.3, 0.4) is 0 Å². The number of halogens is 1. The predicted octanol–water partition coefficient (Wildman–Crippen LogP) is 6.91. The molecule has 0 saturated carbocycles. The Bertz CT molecular complexity index is 1740. The summed E-state index contributed by atoms with van der Waals surface area (Å²) in [7, 11) is 1.57. The minimum Gasteiger partial charge on any atom is -0.497 e. The van der Waals surface area contributed by atoms with E-state index in [1.807, 2.05) is 72.8 Å².